The average Bonchev–Trinajstić information content (AvgIpc) is 2.55. The standard InChI is InChI=1S/C18H26N2OS/c1-22-17-11-5-3-9-15(17)19-18(21)13-20-12-6-8-14-7-2-4-10-16(14)20/h3,5,9,11,14,16H,2,4,6-8,10,12-13H2,1H3,(H,19,21)/p+1/t14-,16+/m1/s1. The van der Waals surface area contributed by atoms with E-state index in [-0.39, 0.29) is 5.91 Å². The third-order valence-electron chi connectivity index (χ3n) is 5.27. The van der Waals surface area contributed by atoms with Crippen molar-refractivity contribution in [3.8, 4) is 0 Å². The van der Waals surface area contributed by atoms with E-state index in [0.29, 0.717) is 6.54 Å². The molecule has 2 aliphatic rings. The van der Waals surface area contributed by atoms with E-state index in [9.17, 15) is 4.79 Å². The Morgan fingerprint density at radius 3 is 2.86 bits per heavy atom. The van der Waals surface area contributed by atoms with Gasteiger partial charge in [-0.25, -0.2) is 0 Å². The van der Waals surface area contributed by atoms with Crippen LogP contribution in [0.3, 0.4) is 0 Å². The predicted molar refractivity (Wildman–Crippen MR) is 92.5 cm³/mol. The van der Waals surface area contributed by atoms with Crippen molar-refractivity contribution >= 4 is 23.4 Å². The van der Waals surface area contributed by atoms with Crippen LogP contribution in [0.25, 0.3) is 0 Å². The number of nitrogens with one attached hydrogen (secondary N) is 2. The Bertz CT molecular complexity index is 518. The summed E-state index contributed by atoms with van der Waals surface area (Å²) in [5.41, 5.74) is 0.955. The molecule has 3 rings (SSSR count). The average molecular weight is 319 g/mol. The fourth-order valence-corrected chi connectivity index (χ4v) is 4.79. The van der Waals surface area contributed by atoms with Crippen LogP contribution in [-0.4, -0.2) is 31.3 Å². The highest BCUT2D eigenvalue weighted by Gasteiger charge is 2.37. The van der Waals surface area contributed by atoms with Gasteiger partial charge in [-0.05, 0) is 50.5 Å². The van der Waals surface area contributed by atoms with Gasteiger partial charge in [-0.2, -0.15) is 0 Å². The number of hydrogen-bond donors (Lipinski definition) is 2. The zero-order valence-corrected chi connectivity index (χ0v) is 14.3. The molecule has 4 heteroatoms. The number of fused-ring (bicyclic) bond motifs is 1. The molecule has 0 aromatic heterocycles. The van der Waals surface area contributed by atoms with E-state index >= 15 is 0 Å². The second-order valence-corrected chi connectivity index (χ2v) is 7.47. The summed E-state index contributed by atoms with van der Waals surface area (Å²) in [5.74, 6) is 1.03. The molecule has 3 nitrogen and oxygen atoms in total. The van der Waals surface area contributed by atoms with Gasteiger partial charge in [0.15, 0.2) is 6.54 Å². The number of thioether (sulfide) groups is 1. The van der Waals surface area contributed by atoms with Crippen molar-refractivity contribution in [1.29, 1.82) is 0 Å². The Labute approximate surface area is 137 Å². The minimum atomic E-state index is 0.169. The summed E-state index contributed by atoms with van der Waals surface area (Å²) in [5, 5.41) is 3.12. The molecule has 3 atom stereocenters. The summed E-state index contributed by atoms with van der Waals surface area (Å²) in [6.07, 6.45) is 10.1. The monoisotopic (exact) mass is 319 g/mol. The van der Waals surface area contributed by atoms with E-state index < -0.39 is 0 Å². The minimum Gasteiger partial charge on any atom is -0.324 e. The number of anilines is 1. The van der Waals surface area contributed by atoms with Gasteiger partial charge in [0.2, 0.25) is 0 Å². The molecular weight excluding hydrogens is 292 g/mol. The molecule has 1 saturated heterocycles. The lowest BCUT2D eigenvalue weighted by Crippen LogP contribution is -3.18. The molecule has 0 bridgehead atoms. The summed E-state index contributed by atoms with van der Waals surface area (Å²) in [6, 6.07) is 8.79. The van der Waals surface area contributed by atoms with Gasteiger partial charge in [-0.3, -0.25) is 4.79 Å². The van der Waals surface area contributed by atoms with Gasteiger partial charge in [0.05, 0.1) is 18.3 Å². The number of para-hydroxylation sites is 1. The smallest absolute Gasteiger partial charge is 0.279 e. The van der Waals surface area contributed by atoms with E-state index in [2.05, 4.69) is 11.4 Å². The summed E-state index contributed by atoms with van der Waals surface area (Å²) in [6.45, 7) is 1.79. The van der Waals surface area contributed by atoms with Crippen molar-refractivity contribution < 1.29 is 9.69 Å². The van der Waals surface area contributed by atoms with Gasteiger partial charge in [-0.1, -0.05) is 18.6 Å². The molecule has 1 heterocycles. The maximum atomic E-state index is 12.5. The molecule has 0 radical (unpaired) electrons. The molecule has 120 valence electrons. The molecule has 1 unspecified atom stereocenters. The van der Waals surface area contributed by atoms with E-state index in [0.717, 1.165) is 22.5 Å². The van der Waals surface area contributed by atoms with E-state index in [4.69, 9.17) is 0 Å². The normalized spacial score (nSPS) is 28.0. The highest BCUT2D eigenvalue weighted by molar-refractivity contribution is 7.98. The van der Waals surface area contributed by atoms with Crippen LogP contribution >= 0.6 is 11.8 Å². The molecule has 1 saturated carbocycles. The fraction of sp³-hybridized carbons (Fsp3) is 0.611. The number of piperidine rings is 1. The summed E-state index contributed by atoms with van der Waals surface area (Å²) < 4.78 is 0. The number of hydrogen-bond acceptors (Lipinski definition) is 2. The van der Waals surface area contributed by atoms with Crippen molar-refractivity contribution in [3.63, 3.8) is 0 Å². The number of benzene rings is 1. The SMILES string of the molecule is CSc1ccccc1NC(=O)C[NH+]1CCC[C@H]2CCCC[C@@H]21. The Morgan fingerprint density at radius 2 is 2.00 bits per heavy atom. The maximum absolute atomic E-state index is 12.5. The van der Waals surface area contributed by atoms with E-state index in [1.807, 2.05) is 24.5 Å². The van der Waals surface area contributed by atoms with Crippen molar-refractivity contribution in [2.45, 2.75) is 49.5 Å². The fourth-order valence-electron chi connectivity index (χ4n) is 4.24. The van der Waals surface area contributed by atoms with Gasteiger partial charge < -0.3 is 10.2 Å². The van der Waals surface area contributed by atoms with Crippen LogP contribution in [0.4, 0.5) is 5.69 Å². The van der Waals surface area contributed by atoms with Crippen LogP contribution in [0.5, 0.6) is 0 Å². The van der Waals surface area contributed by atoms with Crippen molar-refractivity contribution in [2.75, 3.05) is 24.7 Å². The minimum absolute atomic E-state index is 0.169. The first kappa shape index (κ1) is 15.9. The van der Waals surface area contributed by atoms with Gasteiger partial charge >= 0.3 is 0 Å². The zero-order chi connectivity index (χ0) is 15.4. The molecule has 1 aromatic rings. The molecule has 0 spiro atoms. The van der Waals surface area contributed by atoms with Crippen LogP contribution in [0.1, 0.15) is 38.5 Å². The Balaban J connectivity index is 1.61. The number of likely N-dealkylation sites (tertiary alicyclic amines) is 1. The first-order valence-corrected chi connectivity index (χ1v) is 9.78. The second kappa shape index (κ2) is 7.51. The van der Waals surface area contributed by atoms with Crippen LogP contribution < -0.4 is 10.2 Å². The predicted octanol–water partition coefficient (Wildman–Crippen LogP) is 2.58. The van der Waals surface area contributed by atoms with Crippen molar-refractivity contribution in [2.24, 2.45) is 5.92 Å². The van der Waals surface area contributed by atoms with Crippen molar-refractivity contribution in [1.82, 2.24) is 0 Å². The van der Waals surface area contributed by atoms with E-state index in [1.54, 1.807) is 11.8 Å². The number of carbonyl (C=O) groups excluding carboxylic acids is 1. The summed E-state index contributed by atoms with van der Waals surface area (Å²) in [7, 11) is 0. The van der Waals surface area contributed by atoms with E-state index in [1.165, 1.54) is 50.0 Å². The first-order chi connectivity index (χ1) is 10.8. The van der Waals surface area contributed by atoms with Crippen LogP contribution in [0.2, 0.25) is 0 Å². The van der Waals surface area contributed by atoms with Gasteiger partial charge in [0, 0.05) is 10.8 Å². The molecule has 1 aromatic carbocycles. The third kappa shape index (κ3) is 3.66. The molecule has 1 amide bonds. The maximum Gasteiger partial charge on any atom is 0.279 e. The molecule has 1 aliphatic carbocycles. The number of quaternary nitrogens is 1. The summed E-state index contributed by atoms with van der Waals surface area (Å²) in [4.78, 5) is 15.1. The number of carbonyl (C=O) groups is 1. The third-order valence-corrected chi connectivity index (χ3v) is 6.07. The summed E-state index contributed by atoms with van der Waals surface area (Å²) >= 11 is 1.68. The van der Waals surface area contributed by atoms with Gasteiger partial charge in [0.1, 0.15) is 0 Å². The quantitative estimate of drug-likeness (QED) is 0.837. The highest BCUT2D eigenvalue weighted by atomic mass is 32.2. The number of amides is 1. The Morgan fingerprint density at radius 1 is 1.23 bits per heavy atom. The lowest BCUT2D eigenvalue weighted by molar-refractivity contribution is -0.928. The van der Waals surface area contributed by atoms with Crippen LogP contribution in [0, 0.1) is 5.92 Å². The Hall–Kier alpha value is -1.00. The van der Waals surface area contributed by atoms with Crippen molar-refractivity contribution in [3.05, 3.63) is 24.3 Å². The lowest BCUT2D eigenvalue weighted by atomic mass is 9.78. The molecular formula is C18H27N2OS+. The zero-order valence-electron chi connectivity index (χ0n) is 13.4. The number of rotatable bonds is 4. The Kier molecular flexibility index (Phi) is 5.42. The highest BCUT2D eigenvalue weighted by Crippen LogP contribution is 2.28. The van der Waals surface area contributed by atoms with Gasteiger partial charge in [0.25, 0.3) is 5.91 Å². The lowest BCUT2D eigenvalue weighted by Gasteiger charge is -2.40. The second-order valence-electron chi connectivity index (χ2n) is 6.63. The van der Waals surface area contributed by atoms with Gasteiger partial charge in [-0.15, -0.1) is 11.8 Å². The molecule has 2 N–H and O–H groups in total. The van der Waals surface area contributed by atoms with Crippen LogP contribution in [0.15, 0.2) is 29.2 Å². The first-order valence-electron chi connectivity index (χ1n) is 8.55. The van der Waals surface area contributed by atoms with Crippen LogP contribution in [-0.2, 0) is 4.79 Å². The topological polar surface area (TPSA) is 33.5 Å². The molecule has 1 aliphatic heterocycles. The largest absolute Gasteiger partial charge is 0.324 e. The molecule has 2 fully saturated rings. The molecule has 22 heavy (non-hydrogen) atoms.